The van der Waals surface area contributed by atoms with E-state index in [4.69, 9.17) is 5.73 Å². The molecule has 1 heterocycles. The largest absolute Gasteiger partial charge is 0.399 e. The van der Waals surface area contributed by atoms with Gasteiger partial charge in [-0.25, -0.2) is 4.39 Å². The fraction of sp³-hybridized carbons (Fsp3) is 0.571. The zero-order valence-corrected chi connectivity index (χ0v) is 11.5. The number of likely N-dealkylation sites (N-methyl/N-ethyl adjacent to an activating group) is 1. The summed E-state index contributed by atoms with van der Waals surface area (Å²) in [5.74, 6) is -0.307. The van der Waals surface area contributed by atoms with Gasteiger partial charge in [-0.3, -0.25) is 4.90 Å². The maximum absolute atomic E-state index is 13.3. The van der Waals surface area contributed by atoms with Gasteiger partial charge in [0.05, 0.1) is 6.10 Å². The van der Waals surface area contributed by atoms with Crippen LogP contribution in [0.25, 0.3) is 0 Å². The van der Waals surface area contributed by atoms with Gasteiger partial charge in [0.2, 0.25) is 0 Å². The normalized spacial score (nSPS) is 24.3. The molecule has 0 saturated carbocycles. The molecule has 2 unspecified atom stereocenters. The Morgan fingerprint density at radius 3 is 2.79 bits per heavy atom. The number of nitrogens with two attached hydrogens (primary N) is 1. The molecule has 19 heavy (non-hydrogen) atoms. The van der Waals surface area contributed by atoms with E-state index in [9.17, 15) is 9.50 Å². The molecule has 3 N–H and O–H groups in total. The summed E-state index contributed by atoms with van der Waals surface area (Å²) in [6, 6.07) is 4.92. The van der Waals surface area contributed by atoms with E-state index in [-0.39, 0.29) is 11.9 Å². The van der Waals surface area contributed by atoms with Crippen LogP contribution in [0.15, 0.2) is 18.2 Å². The van der Waals surface area contributed by atoms with Gasteiger partial charge < -0.3 is 15.7 Å². The van der Waals surface area contributed by atoms with Crippen molar-refractivity contribution in [2.45, 2.75) is 25.1 Å². The number of likely N-dealkylation sites (tertiary alicyclic amines) is 1. The molecule has 0 amide bonds. The SMILES string of the molecule is CN(C)CC1CC(O)CN1Cc1cc(N)cc(F)c1. The minimum absolute atomic E-state index is 0.296. The van der Waals surface area contributed by atoms with Crippen LogP contribution < -0.4 is 5.73 Å². The monoisotopic (exact) mass is 267 g/mol. The summed E-state index contributed by atoms with van der Waals surface area (Å²) >= 11 is 0. The maximum Gasteiger partial charge on any atom is 0.125 e. The van der Waals surface area contributed by atoms with Gasteiger partial charge in [0.25, 0.3) is 0 Å². The van der Waals surface area contributed by atoms with Crippen LogP contribution in [0, 0.1) is 5.82 Å². The molecule has 1 aromatic rings. The van der Waals surface area contributed by atoms with Crippen molar-refractivity contribution in [2.75, 3.05) is 32.9 Å². The number of hydrogen-bond acceptors (Lipinski definition) is 4. The maximum atomic E-state index is 13.3. The highest BCUT2D eigenvalue weighted by Gasteiger charge is 2.31. The van der Waals surface area contributed by atoms with Gasteiger partial charge >= 0.3 is 0 Å². The lowest BCUT2D eigenvalue weighted by molar-refractivity contribution is 0.169. The summed E-state index contributed by atoms with van der Waals surface area (Å²) in [7, 11) is 4.03. The van der Waals surface area contributed by atoms with E-state index < -0.39 is 0 Å². The van der Waals surface area contributed by atoms with Crippen molar-refractivity contribution in [1.29, 1.82) is 0 Å². The molecule has 2 rings (SSSR count). The summed E-state index contributed by atoms with van der Waals surface area (Å²) in [4.78, 5) is 4.30. The number of aliphatic hydroxyl groups excluding tert-OH is 1. The number of aliphatic hydroxyl groups is 1. The van der Waals surface area contributed by atoms with E-state index in [1.807, 2.05) is 14.1 Å². The van der Waals surface area contributed by atoms with Crippen molar-refractivity contribution in [3.05, 3.63) is 29.6 Å². The fourth-order valence-electron chi connectivity index (χ4n) is 2.76. The number of benzene rings is 1. The van der Waals surface area contributed by atoms with Crippen LogP contribution in [-0.4, -0.2) is 54.2 Å². The molecular weight excluding hydrogens is 245 g/mol. The van der Waals surface area contributed by atoms with Crippen molar-refractivity contribution in [3.63, 3.8) is 0 Å². The van der Waals surface area contributed by atoms with Crippen LogP contribution in [0.5, 0.6) is 0 Å². The van der Waals surface area contributed by atoms with E-state index in [0.717, 1.165) is 18.5 Å². The Kier molecular flexibility index (Phi) is 4.39. The summed E-state index contributed by atoms with van der Waals surface area (Å²) in [5.41, 5.74) is 6.96. The number of nitrogens with zero attached hydrogens (tertiary/aromatic N) is 2. The van der Waals surface area contributed by atoms with Gasteiger partial charge in [0.1, 0.15) is 5.82 Å². The summed E-state index contributed by atoms with van der Waals surface area (Å²) in [6.07, 6.45) is 0.471. The number of β-amino-alcohol motifs (C(OH)–C–C–N with tert-alkyl or cyclic N) is 1. The lowest BCUT2D eigenvalue weighted by Gasteiger charge is -2.26. The highest BCUT2D eigenvalue weighted by atomic mass is 19.1. The summed E-state index contributed by atoms with van der Waals surface area (Å²) in [5, 5.41) is 9.81. The Hall–Kier alpha value is -1.17. The van der Waals surface area contributed by atoms with Crippen molar-refractivity contribution >= 4 is 5.69 Å². The van der Waals surface area contributed by atoms with Gasteiger partial charge in [-0.1, -0.05) is 0 Å². The molecule has 0 aromatic heterocycles. The molecule has 1 aliphatic heterocycles. The second-order valence-corrected chi connectivity index (χ2v) is 5.63. The number of rotatable bonds is 4. The zero-order valence-electron chi connectivity index (χ0n) is 11.5. The molecule has 0 bridgehead atoms. The molecule has 1 aromatic carbocycles. The van der Waals surface area contributed by atoms with E-state index in [2.05, 4.69) is 9.80 Å². The van der Waals surface area contributed by atoms with Gasteiger partial charge in [0, 0.05) is 31.4 Å². The second kappa shape index (κ2) is 5.86. The fourth-order valence-corrected chi connectivity index (χ4v) is 2.76. The standard InChI is InChI=1S/C14H22FN3O/c1-17(2)8-13-6-14(19)9-18(13)7-10-3-11(15)5-12(16)4-10/h3-5,13-14,19H,6-9,16H2,1-2H3. The van der Waals surface area contributed by atoms with E-state index in [1.165, 1.54) is 12.1 Å². The van der Waals surface area contributed by atoms with Gasteiger partial charge in [-0.15, -0.1) is 0 Å². The van der Waals surface area contributed by atoms with Crippen molar-refractivity contribution in [3.8, 4) is 0 Å². The summed E-state index contributed by atoms with van der Waals surface area (Å²) in [6.45, 7) is 2.15. The lowest BCUT2D eigenvalue weighted by Crippen LogP contribution is -2.37. The molecule has 1 aliphatic rings. The third kappa shape index (κ3) is 3.89. The van der Waals surface area contributed by atoms with Crippen LogP contribution in [0.3, 0.4) is 0 Å². The topological polar surface area (TPSA) is 52.7 Å². The molecule has 0 aliphatic carbocycles. The van der Waals surface area contributed by atoms with Crippen LogP contribution in [0.1, 0.15) is 12.0 Å². The minimum atomic E-state index is -0.307. The van der Waals surface area contributed by atoms with Gasteiger partial charge in [-0.2, -0.15) is 0 Å². The molecule has 2 atom stereocenters. The Morgan fingerprint density at radius 1 is 1.42 bits per heavy atom. The van der Waals surface area contributed by atoms with Crippen molar-refractivity contribution in [1.82, 2.24) is 9.80 Å². The Morgan fingerprint density at radius 2 is 2.16 bits per heavy atom. The molecule has 0 radical (unpaired) electrons. The predicted octanol–water partition coefficient (Wildman–Crippen LogP) is 0.905. The van der Waals surface area contributed by atoms with Crippen molar-refractivity contribution < 1.29 is 9.50 Å². The molecule has 106 valence electrons. The molecule has 1 fully saturated rings. The van der Waals surface area contributed by atoms with E-state index in [1.54, 1.807) is 6.07 Å². The third-order valence-corrected chi connectivity index (χ3v) is 3.45. The lowest BCUT2D eigenvalue weighted by atomic mass is 10.1. The highest BCUT2D eigenvalue weighted by molar-refractivity contribution is 5.41. The quantitative estimate of drug-likeness (QED) is 0.796. The van der Waals surface area contributed by atoms with Gasteiger partial charge in [0.15, 0.2) is 0 Å². The van der Waals surface area contributed by atoms with Crippen LogP contribution in [-0.2, 0) is 6.54 Å². The molecule has 4 nitrogen and oxygen atoms in total. The minimum Gasteiger partial charge on any atom is -0.399 e. The average Bonchev–Trinajstić information content (AvgIpc) is 2.56. The number of halogens is 1. The first-order valence-corrected chi connectivity index (χ1v) is 6.56. The smallest absolute Gasteiger partial charge is 0.125 e. The zero-order chi connectivity index (χ0) is 14.0. The highest BCUT2D eigenvalue weighted by Crippen LogP contribution is 2.22. The summed E-state index contributed by atoms with van der Waals surface area (Å²) < 4.78 is 13.3. The first kappa shape index (κ1) is 14.2. The first-order chi connectivity index (χ1) is 8.94. The third-order valence-electron chi connectivity index (χ3n) is 3.45. The van der Waals surface area contributed by atoms with E-state index >= 15 is 0 Å². The average molecular weight is 267 g/mol. The molecular formula is C14H22FN3O. The second-order valence-electron chi connectivity index (χ2n) is 5.63. The van der Waals surface area contributed by atoms with E-state index in [0.29, 0.717) is 24.8 Å². The Labute approximate surface area is 113 Å². The van der Waals surface area contributed by atoms with Crippen LogP contribution in [0.4, 0.5) is 10.1 Å². The Balaban J connectivity index is 2.07. The number of anilines is 1. The van der Waals surface area contributed by atoms with Crippen molar-refractivity contribution in [2.24, 2.45) is 0 Å². The number of hydrogen-bond donors (Lipinski definition) is 2. The molecule has 1 saturated heterocycles. The van der Waals surface area contributed by atoms with Gasteiger partial charge in [-0.05, 0) is 44.3 Å². The predicted molar refractivity (Wildman–Crippen MR) is 74.2 cm³/mol. The molecule has 5 heteroatoms. The Bertz CT molecular complexity index is 418. The first-order valence-electron chi connectivity index (χ1n) is 6.56. The van der Waals surface area contributed by atoms with Crippen LogP contribution >= 0.6 is 0 Å². The van der Waals surface area contributed by atoms with Crippen LogP contribution in [0.2, 0.25) is 0 Å². The number of nitrogen functional groups attached to an aromatic ring is 1. The molecule has 0 spiro atoms.